The fraction of sp³-hybridized carbons (Fsp3) is 0.455. The summed E-state index contributed by atoms with van der Waals surface area (Å²) >= 11 is 0. The highest BCUT2D eigenvalue weighted by atomic mass is 19.1. The van der Waals surface area contributed by atoms with Gasteiger partial charge in [-0.05, 0) is 30.0 Å². The second-order valence-electron chi connectivity index (χ2n) is 7.60. The van der Waals surface area contributed by atoms with Crippen LogP contribution in [0.15, 0.2) is 42.6 Å². The van der Waals surface area contributed by atoms with Crippen molar-refractivity contribution in [3.63, 3.8) is 0 Å². The van der Waals surface area contributed by atoms with E-state index in [1.54, 1.807) is 6.20 Å². The number of nitrogens with zero attached hydrogens (tertiary/aromatic N) is 3. The quantitative estimate of drug-likeness (QED) is 0.860. The number of nitrogens with one attached hydrogen (secondary N) is 1. The summed E-state index contributed by atoms with van der Waals surface area (Å²) in [6, 6.07) is 11.7. The number of benzene rings is 1. The lowest BCUT2D eigenvalue weighted by molar-refractivity contribution is 0.122. The molecule has 2 aliphatic rings. The maximum Gasteiger partial charge on any atom is 0.317 e. The third-order valence-corrected chi connectivity index (χ3v) is 5.61. The summed E-state index contributed by atoms with van der Waals surface area (Å²) in [6.45, 7) is 4.15. The molecule has 3 heterocycles. The van der Waals surface area contributed by atoms with Crippen molar-refractivity contribution in [2.75, 3.05) is 44.3 Å². The van der Waals surface area contributed by atoms with Gasteiger partial charge in [-0.3, -0.25) is 0 Å². The topological polar surface area (TPSA) is 57.7 Å². The van der Waals surface area contributed by atoms with Gasteiger partial charge >= 0.3 is 6.03 Å². The number of ether oxygens (including phenoxy) is 1. The van der Waals surface area contributed by atoms with E-state index in [9.17, 15) is 9.18 Å². The molecule has 2 fully saturated rings. The van der Waals surface area contributed by atoms with Crippen LogP contribution in [0.4, 0.5) is 15.0 Å². The highest BCUT2D eigenvalue weighted by Gasteiger charge is 2.24. The number of urea groups is 1. The summed E-state index contributed by atoms with van der Waals surface area (Å²) in [5, 5.41) is 2.91. The molecule has 1 aromatic heterocycles. The summed E-state index contributed by atoms with van der Waals surface area (Å²) < 4.78 is 19.8. The van der Waals surface area contributed by atoms with Crippen LogP contribution in [0.25, 0.3) is 0 Å². The van der Waals surface area contributed by atoms with Gasteiger partial charge in [-0.15, -0.1) is 0 Å². The van der Waals surface area contributed by atoms with Crippen LogP contribution in [0.2, 0.25) is 0 Å². The molecule has 1 unspecified atom stereocenters. The lowest BCUT2D eigenvalue weighted by Gasteiger charge is -2.33. The molecular weight excluding hydrogens is 371 g/mol. The number of halogens is 1. The predicted molar refractivity (Wildman–Crippen MR) is 109 cm³/mol. The molecule has 154 valence electrons. The fourth-order valence-electron chi connectivity index (χ4n) is 4.02. The molecule has 6 nitrogen and oxygen atoms in total. The van der Waals surface area contributed by atoms with Crippen LogP contribution in [-0.2, 0) is 11.3 Å². The minimum atomic E-state index is -0.360. The molecule has 2 saturated heterocycles. The lowest BCUT2D eigenvalue weighted by Crippen LogP contribution is -2.44. The van der Waals surface area contributed by atoms with Crippen molar-refractivity contribution in [2.45, 2.75) is 25.3 Å². The van der Waals surface area contributed by atoms with Gasteiger partial charge in [0, 0.05) is 44.8 Å². The van der Waals surface area contributed by atoms with Crippen molar-refractivity contribution in [1.82, 2.24) is 15.2 Å². The van der Waals surface area contributed by atoms with Crippen LogP contribution in [-0.4, -0.2) is 55.3 Å². The van der Waals surface area contributed by atoms with E-state index in [2.05, 4.69) is 22.4 Å². The summed E-state index contributed by atoms with van der Waals surface area (Å²) in [7, 11) is 0. The number of pyridine rings is 1. The average Bonchev–Trinajstić information content (AvgIpc) is 2.79. The molecule has 0 aliphatic carbocycles. The summed E-state index contributed by atoms with van der Waals surface area (Å²) in [5.74, 6) is 0.355. The van der Waals surface area contributed by atoms with Crippen LogP contribution < -0.4 is 10.2 Å². The van der Waals surface area contributed by atoms with Gasteiger partial charge in [-0.25, -0.2) is 14.2 Å². The standard InChI is InChI=1S/C22H27FN4O2/c23-20-13-17(14-24-21(20)26-9-11-29-12-10-26)15-25-22(28)27-8-4-7-19(16-27)18-5-2-1-3-6-18/h1-3,5-6,13-14,19H,4,7-12,15-16H2,(H,25,28). The van der Waals surface area contributed by atoms with E-state index in [0.717, 1.165) is 19.4 Å². The Morgan fingerprint density at radius 2 is 2.00 bits per heavy atom. The Hall–Kier alpha value is -2.67. The van der Waals surface area contributed by atoms with E-state index in [-0.39, 0.29) is 18.4 Å². The Morgan fingerprint density at radius 3 is 2.76 bits per heavy atom. The van der Waals surface area contributed by atoms with E-state index in [1.165, 1.54) is 11.6 Å². The summed E-state index contributed by atoms with van der Waals surface area (Å²) in [6.07, 6.45) is 3.71. The van der Waals surface area contributed by atoms with Crippen molar-refractivity contribution < 1.29 is 13.9 Å². The van der Waals surface area contributed by atoms with Gasteiger partial charge in [0.15, 0.2) is 11.6 Å². The third kappa shape index (κ3) is 4.85. The number of anilines is 1. The van der Waals surface area contributed by atoms with Crippen LogP contribution in [0.1, 0.15) is 29.9 Å². The Kier molecular flexibility index (Phi) is 6.24. The second-order valence-corrected chi connectivity index (χ2v) is 7.60. The number of rotatable bonds is 4. The average molecular weight is 398 g/mol. The number of aromatic nitrogens is 1. The van der Waals surface area contributed by atoms with Gasteiger partial charge < -0.3 is 19.9 Å². The van der Waals surface area contributed by atoms with Crippen molar-refractivity contribution in [1.29, 1.82) is 0 Å². The number of carbonyl (C=O) groups is 1. The lowest BCUT2D eigenvalue weighted by atomic mass is 9.91. The molecule has 2 aliphatic heterocycles. The Labute approximate surface area is 170 Å². The van der Waals surface area contributed by atoms with Crippen molar-refractivity contribution in [3.05, 3.63) is 59.5 Å². The van der Waals surface area contributed by atoms with Crippen molar-refractivity contribution >= 4 is 11.8 Å². The third-order valence-electron chi connectivity index (χ3n) is 5.61. The molecular formula is C22H27FN4O2. The molecule has 0 bridgehead atoms. The molecule has 4 rings (SSSR count). The second kappa shape index (κ2) is 9.22. The molecule has 0 radical (unpaired) electrons. The number of likely N-dealkylation sites (tertiary alicyclic amines) is 1. The predicted octanol–water partition coefficient (Wildman–Crippen LogP) is 3.15. The van der Waals surface area contributed by atoms with E-state index in [1.807, 2.05) is 28.0 Å². The number of morpholine rings is 1. The normalized spacial score (nSPS) is 19.8. The molecule has 1 aromatic carbocycles. The van der Waals surface area contributed by atoms with E-state index in [0.29, 0.717) is 50.1 Å². The molecule has 29 heavy (non-hydrogen) atoms. The van der Waals surface area contributed by atoms with Crippen LogP contribution >= 0.6 is 0 Å². The zero-order chi connectivity index (χ0) is 20.1. The monoisotopic (exact) mass is 398 g/mol. The Balaban J connectivity index is 1.32. The number of hydrogen-bond acceptors (Lipinski definition) is 4. The minimum absolute atomic E-state index is 0.108. The van der Waals surface area contributed by atoms with Gasteiger partial charge in [0.05, 0.1) is 13.2 Å². The Morgan fingerprint density at radius 1 is 1.21 bits per heavy atom. The smallest absolute Gasteiger partial charge is 0.317 e. The highest BCUT2D eigenvalue weighted by molar-refractivity contribution is 5.74. The van der Waals surface area contributed by atoms with Gasteiger partial charge in [0.2, 0.25) is 0 Å². The van der Waals surface area contributed by atoms with Gasteiger partial charge in [0.25, 0.3) is 0 Å². The molecule has 2 amide bonds. The van der Waals surface area contributed by atoms with E-state index < -0.39 is 0 Å². The first-order valence-electron chi connectivity index (χ1n) is 10.3. The first-order valence-corrected chi connectivity index (χ1v) is 10.3. The largest absolute Gasteiger partial charge is 0.378 e. The summed E-state index contributed by atoms with van der Waals surface area (Å²) in [4.78, 5) is 20.6. The molecule has 0 spiro atoms. The SMILES string of the molecule is O=C(NCc1cnc(N2CCOCC2)c(F)c1)N1CCCC(c2ccccc2)C1. The van der Waals surface area contributed by atoms with Crippen LogP contribution in [0.5, 0.6) is 0 Å². The number of piperidine rings is 1. The molecule has 0 saturated carbocycles. The Bertz CT molecular complexity index is 827. The maximum atomic E-state index is 14.5. The number of amides is 2. The molecule has 1 atom stereocenters. The summed E-state index contributed by atoms with van der Waals surface area (Å²) in [5.41, 5.74) is 1.93. The van der Waals surface area contributed by atoms with Crippen LogP contribution in [0.3, 0.4) is 0 Å². The molecule has 2 aromatic rings. The van der Waals surface area contributed by atoms with Gasteiger partial charge in [-0.2, -0.15) is 0 Å². The zero-order valence-corrected chi connectivity index (χ0v) is 16.5. The van der Waals surface area contributed by atoms with Gasteiger partial charge in [-0.1, -0.05) is 30.3 Å². The highest BCUT2D eigenvalue weighted by Crippen LogP contribution is 2.26. The molecule has 1 N–H and O–H groups in total. The number of hydrogen-bond donors (Lipinski definition) is 1. The van der Waals surface area contributed by atoms with E-state index in [4.69, 9.17) is 4.74 Å². The van der Waals surface area contributed by atoms with Crippen LogP contribution in [0, 0.1) is 5.82 Å². The maximum absolute atomic E-state index is 14.5. The molecule has 7 heteroatoms. The van der Waals surface area contributed by atoms with Crippen molar-refractivity contribution in [3.8, 4) is 0 Å². The van der Waals surface area contributed by atoms with E-state index >= 15 is 0 Å². The zero-order valence-electron chi connectivity index (χ0n) is 16.5. The fourth-order valence-corrected chi connectivity index (χ4v) is 4.02. The first-order chi connectivity index (χ1) is 14.2. The minimum Gasteiger partial charge on any atom is -0.378 e. The first kappa shape index (κ1) is 19.6. The number of carbonyl (C=O) groups excluding carboxylic acids is 1. The van der Waals surface area contributed by atoms with Gasteiger partial charge in [0.1, 0.15) is 0 Å². The van der Waals surface area contributed by atoms with Crippen molar-refractivity contribution in [2.24, 2.45) is 0 Å².